The second-order valence-electron chi connectivity index (χ2n) is 4.79. The highest BCUT2D eigenvalue weighted by Gasteiger charge is 2.27. The summed E-state index contributed by atoms with van der Waals surface area (Å²) < 4.78 is 5.26. The summed E-state index contributed by atoms with van der Waals surface area (Å²) >= 11 is 6.08. The van der Waals surface area contributed by atoms with Gasteiger partial charge in [-0.3, -0.25) is 9.69 Å². The number of ether oxygens (including phenoxy) is 1. The Balaban J connectivity index is 2.11. The van der Waals surface area contributed by atoms with Crippen molar-refractivity contribution in [1.29, 1.82) is 0 Å². The van der Waals surface area contributed by atoms with Crippen molar-refractivity contribution in [2.24, 2.45) is 0 Å². The molecule has 1 N–H and O–H groups in total. The minimum atomic E-state index is -0.793. The Morgan fingerprint density at radius 1 is 1.47 bits per heavy atom. The lowest BCUT2D eigenvalue weighted by Gasteiger charge is -2.32. The minimum Gasteiger partial charge on any atom is -0.480 e. The SMILES string of the molecule is Cc1ccc(CC(C(=O)O)N2CCOCC2)cc1Cl. The van der Waals surface area contributed by atoms with Gasteiger partial charge in [-0.15, -0.1) is 0 Å². The molecule has 1 aromatic carbocycles. The normalized spacial score (nSPS) is 18.2. The molecule has 1 atom stereocenters. The van der Waals surface area contributed by atoms with E-state index < -0.39 is 12.0 Å². The fraction of sp³-hybridized carbons (Fsp3) is 0.500. The van der Waals surface area contributed by atoms with Crippen LogP contribution in [-0.4, -0.2) is 48.3 Å². The first kappa shape index (κ1) is 14.3. The van der Waals surface area contributed by atoms with Crippen LogP contribution >= 0.6 is 11.6 Å². The third-order valence-electron chi connectivity index (χ3n) is 3.44. The van der Waals surface area contributed by atoms with Crippen LogP contribution in [0.3, 0.4) is 0 Å². The molecule has 1 unspecified atom stereocenters. The van der Waals surface area contributed by atoms with Gasteiger partial charge >= 0.3 is 5.97 Å². The Labute approximate surface area is 117 Å². The highest BCUT2D eigenvalue weighted by molar-refractivity contribution is 6.31. The van der Waals surface area contributed by atoms with E-state index in [1.165, 1.54) is 0 Å². The zero-order chi connectivity index (χ0) is 13.8. The molecule has 1 saturated heterocycles. The van der Waals surface area contributed by atoms with Gasteiger partial charge in [0.05, 0.1) is 13.2 Å². The Bertz CT molecular complexity index is 458. The van der Waals surface area contributed by atoms with Gasteiger partial charge in [0.15, 0.2) is 0 Å². The number of carbonyl (C=O) groups is 1. The summed E-state index contributed by atoms with van der Waals surface area (Å²) in [7, 11) is 0. The Morgan fingerprint density at radius 3 is 2.74 bits per heavy atom. The Morgan fingerprint density at radius 2 is 2.16 bits per heavy atom. The molecule has 0 spiro atoms. The molecule has 5 heteroatoms. The molecule has 1 fully saturated rings. The molecule has 0 aliphatic carbocycles. The van der Waals surface area contributed by atoms with Crippen LogP contribution < -0.4 is 0 Å². The number of rotatable bonds is 4. The van der Waals surface area contributed by atoms with Crippen LogP contribution in [0.15, 0.2) is 18.2 Å². The van der Waals surface area contributed by atoms with Crippen LogP contribution in [0.5, 0.6) is 0 Å². The predicted octanol–water partition coefficient (Wildman–Crippen LogP) is 1.98. The fourth-order valence-electron chi connectivity index (χ4n) is 2.25. The quantitative estimate of drug-likeness (QED) is 0.918. The summed E-state index contributed by atoms with van der Waals surface area (Å²) in [4.78, 5) is 13.4. The lowest BCUT2D eigenvalue weighted by Crippen LogP contribution is -2.48. The smallest absolute Gasteiger partial charge is 0.321 e. The van der Waals surface area contributed by atoms with E-state index >= 15 is 0 Å². The van der Waals surface area contributed by atoms with E-state index in [4.69, 9.17) is 16.3 Å². The van der Waals surface area contributed by atoms with Crippen molar-refractivity contribution in [1.82, 2.24) is 4.90 Å². The van der Waals surface area contributed by atoms with Crippen molar-refractivity contribution in [2.45, 2.75) is 19.4 Å². The summed E-state index contributed by atoms with van der Waals surface area (Å²) in [6, 6.07) is 5.21. The standard InChI is InChI=1S/C14H18ClNO3/c1-10-2-3-11(8-12(10)15)9-13(14(17)18)16-4-6-19-7-5-16/h2-3,8,13H,4-7,9H2,1H3,(H,17,18). The second-order valence-corrected chi connectivity index (χ2v) is 5.20. The molecule has 2 rings (SSSR count). The van der Waals surface area contributed by atoms with Crippen LogP contribution in [0.2, 0.25) is 5.02 Å². The minimum absolute atomic E-state index is 0.468. The van der Waals surface area contributed by atoms with Gasteiger partial charge < -0.3 is 9.84 Å². The summed E-state index contributed by atoms with van der Waals surface area (Å²) in [5.74, 6) is -0.793. The van der Waals surface area contributed by atoms with E-state index in [1.54, 1.807) is 0 Å². The van der Waals surface area contributed by atoms with Crippen LogP contribution in [0.4, 0.5) is 0 Å². The molecular formula is C14H18ClNO3. The first-order chi connectivity index (χ1) is 9.08. The number of aryl methyl sites for hydroxylation is 1. The molecule has 1 aliphatic rings. The number of aliphatic carboxylic acids is 1. The molecule has 0 bridgehead atoms. The van der Waals surface area contributed by atoms with Crippen LogP contribution in [0.1, 0.15) is 11.1 Å². The van der Waals surface area contributed by atoms with E-state index in [2.05, 4.69) is 0 Å². The molecule has 0 saturated carbocycles. The molecule has 0 aromatic heterocycles. The monoisotopic (exact) mass is 283 g/mol. The van der Waals surface area contributed by atoms with Crippen LogP contribution in [0.25, 0.3) is 0 Å². The van der Waals surface area contributed by atoms with Crippen LogP contribution in [0, 0.1) is 6.92 Å². The van der Waals surface area contributed by atoms with Crippen molar-refractivity contribution in [3.63, 3.8) is 0 Å². The molecule has 0 amide bonds. The van der Waals surface area contributed by atoms with Crippen LogP contribution in [-0.2, 0) is 16.0 Å². The number of carboxylic acid groups (broad SMARTS) is 1. The van der Waals surface area contributed by atoms with Gasteiger partial charge in [-0.2, -0.15) is 0 Å². The van der Waals surface area contributed by atoms with E-state index in [-0.39, 0.29) is 0 Å². The molecular weight excluding hydrogens is 266 g/mol. The zero-order valence-electron chi connectivity index (χ0n) is 10.9. The maximum atomic E-state index is 11.4. The van der Waals surface area contributed by atoms with Gasteiger partial charge in [0, 0.05) is 18.1 Å². The molecule has 4 nitrogen and oxygen atoms in total. The van der Waals surface area contributed by atoms with Gasteiger partial charge in [0.2, 0.25) is 0 Å². The predicted molar refractivity (Wildman–Crippen MR) is 73.7 cm³/mol. The van der Waals surface area contributed by atoms with Gasteiger partial charge in [0.25, 0.3) is 0 Å². The van der Waals surface area contributed by atoms with E-state index in [0.717, 1.165) is 11.1 Å². The zero-order valence-corrected chi connectivity index (χ0v) is 11.7. The first-order valence-corrected chi connectivity index (χ1v) is 6.75. The number of hydrogen-bond acceptors (Lipinski definition) is 3. The van der Waals surface area contributed by atoms with E-state index in [0.29, 0.717) is 37.7 Å². The Hall–Kier alpha value is -1.10. The lowest BCUT2D eigenvalue weighted by atomic mass is 10.0. The maximum absolute atomic E-state index is 11.4. The molecule has 19 heavy (non-hydrogen) atoms. The van der Waals surface area contributed by atoms with Crippen molar-refractivity contribution in [3.05, 3.63) is 34.3 Å². The van der Waals surface area contributed by atoms with E-state index in [9.17, 15) is 9.90 Å². The van der Waals surface area contributed by atoms with Crippen molar-refractivity contribution >= 4 is 17.6 Å². The van der Waals surface area contributed by atoms with Crippen molar-refractivity contribution < 1.29 is 14.6 Å². The second kappa shape index (κ2) is 6.37. The average molecular weight is 284 g/mol. The van der Waals surface area contributed by atoms with Gasteiger partial charge in [-0.25, -0.2) is 0 Å². The van der Waals surface area contributed by atoms with Gasteiger partial charge in [0.1, 0.15) is 6.04 Å². The van der Waals surface area contributed by atoms with Crippen molar-refractivity contribution in [2.75, 3.05) is 26.3 Å². The number of benzene rings is 1. The van der Waals surface area contributed by atoms with Crippen molar-refractivity contribution in [3.8, 4) is 0 Å². The molecule has 1 aromatic rings. The number of halogens is 1. The molecule has 1 aliphatic heterocycles. The van der Waals surface area contributed by atoms with Gasteiger partial charge in [-0.05, 0) is 30.5 Å². The fourth-order valence-corrected chi connectivity index (χ4v) is 2.45. The third kappa shape index (κ3) is 3.69. The first-order valence-electron chi connectivity index (χ1n) is 6.37. The number of morpholine rings is 1. The summed E-state index contributed by atoms with van der Waals surface area (Å²) in [5.41, 5.74) is 1.96. The lowest BCUT2D eigenvalue weighted by molar-refractivity contribution is -0.145. The summed E-state index contributed by atoms with van der Waals surface area (Å²) in [5, 5.41) is 10.1. The van der Waals surface area contributed by atoms with Gasteiger partial charge in [-0.1, -0.05) is 23.7 Å². The summed E-state index contributed by atoms with van der Waals surface area (Å²) in [6.07, 6.45) is 0.468. The highest BCUT2D eigenvalue weighted by atomic mass is 35.5. The number of nitrogens with zero attached hydrogens (tertiary/aromatic N) is 1. The molecule has 0 radical (unpaired) electrons. The Kier molecular flexibility index (Phi) is 4.80. The average Bonchev–Trinajstić information content (AvgIpc) is 2.40. The maximum Gasteiger partial charge on any atom is 0.321 e. The third-order valence-corrected chi connectivity index (χ3v) is 3.84. The number of hydrogen-bond donors (Lipinski definition) is 1. The molecule has 104 valence electrons. The van der Waals surface area contributed by atoms with E-state index in [1.807, 2.05) is 30.0 Å². The number of carboxylic acids is 1. The summed E-state index contributed by atoms with van der Waals surface area (Å²) in [6.45, 7) is 4.45. The largest absolute Gasteiger partial charge is 0.480 e. The topological polar surface area (TPSA) is 49.8 Å². The molecule has 1 heterocycles. The highest BCUT2D eigenvalue weighted by Crippen LogP contribution is 2.19.